The zero-order valence-electron chi connectivity index (χ0n) is 33.8. The molecule has 0 N–H and O–H groups in total. The largest absolute Gasteiger partial charge is 0.291 e. The van der Waals surface area contributed by atoms with Gasteiger partial charge in [0.2, 0.25) is 0 Å². The second kappa shape index (κ2) is 13.4. The van der Waals surface area contributed by atoms with E-state index in [9.17, 15) is 0 Å². The van der Waals surface area contributed by atoms with E-state index in [4.69, 9.17) is 4.98 Å². The second-order valence-electron chi connectivity index (χ2n) is 16.7. The lowest BCUT2D eigenvalue weighted by Crippen LogP contribution is -1.93. The van der Waals surface area contributed by atoms with Gasteiger partial charge in [-0.2, -0.15) is 0 Å². The Balaban J connectivity index is 0.873. The molecule has 0 amide bonds. The molecule has 14 aromatic rings. The van der Waals surface area contributed by atoms with Crippen LogP contribution in [-0.4, -0.2) is 9.38 Å². The monoisotopic (exact) mass is 834 g/mol. The smallest absolute Gasteiger partial charge is 0.156 e. The highest BCUT2D eigenvalue weighted by molar-refractivity contribution is 7.26. The molecular formula is C59H34N2S2. The van der Waals surface area contributed by atoms with Gasteiger partial charge >= 0.3 is 0 Å². The maximum Gasteiger partial charge on any atom is 0.156 e. The van der Waals surface area contributed by atoms with E-state index in [0.717, 1.165) is 27.9 Å². The number of thiophene rings is 2. The molecule has 0 spiro atoms. The number of fused-ring (bicyclic) bond motifs is 13. The third-order valence-corrected chi connectivity index (χ3v) is 15.5. The van der Waals surface area contributed by atoms with Gasteiger partial charge in [0.15, 0.2) is 5.65 Å². The Hall–Kier alpha value is -7.63. The highest BCUT2D eigenvalue weighted by Gasteiger charge is 2.19. The van der Waals surface area contributed by atoms with Crippen LogP contribution in [0.1, 0.15) is 0 Å². The average Bonchev–Trinajstić information content (AvgIpc) is 4.03. The van der Waals surface area contributed by atoms with Gasteiger partial charge in [0.05, 0.1) is 21.4 Å². The molecule has 2 nitrogen and oxygen atoms in total. The molecule has 0 radical (unpaired) electrons. The molecule has 63 heavy (non-hydrogen) atoms. The molecule has 10 aromatic carbocycles. The van der Waals surface area contributed by atoms with Crippen molar-refractivity contribution in [2.75, 3.05) is 0 Å². The summed E-state index contributed by atoms with van der Waals surface area (Å²) in [5.41, 5.74) is 12.8. The number of aromatic nitrogens is 2. The first-order chi connectivity index (χ1) is 31.2. The fraction of sp³-hybridized carbons (Fsp3) is 0. The summed E-state index contributed by atoms with van der Waals surface area (Å²) in [4.78, 5) is 5.39. The Kier molecular flexibility index (Phi) is 7.47. The summed E-state index contributed by atoms with van der Waals surface area (Å²) in [6.45, 7) is 0. The fourth-order valence-electron chi connectivity index (χ4n) is 10.1. The topological polar surface area (TPSA) is 17.3 Å². The van der Waals surface area contributed by atoms with Crippen LogP contribution in [0.3, 0.4) is 0 Å². The van der Waals surface area contributed by atoms with E-state index in [0.29, 0.717) is 0 Å². The highest BCUT2D eigenvalue weighted by atomic mass is 32.1. The van der Waals surface area contributed by atoms with Gasteiger partial charge < -0.3 is 0 Å². The van der Waals surface area contributed by atoms with Crippen molar-refractivity contribution in [3.63, 3.8) is 0 Å². The normalized spacial score (nSPS) is 12.1. The number of benzene rings is 10. The van der Waals surface area contributed by atoms with Crippen molar-refractivity contribution in [3.05, 3.63) is 206 Å². The lowest BCUT2D eigenvalue weighted by Gasteiger charge is -2.14. The van der Waals surface area contributed by atoms with Crippen LogP contribution < -0.4 is 0 Å². The van der Waals surface area contributed by atoms with Gasteiger partial charge in [0.25, 0.3) is 0 Å². The molecule has 4 heterocycles. The summed E-state index contributed by atoms with van der Waals surface area (Å²) in [5, 5.41) is 12.6. The molecule has 0 atom stereocenters. The number of rotatable bonds is 4. The first kappa shape index (κ1) is 35.0. The van der Waals surface area contributed by atoms with E-state index in [1.165, 1.54) is 106 Å². The Morgan fingerprint density at radius 3 is 1.59 bits per heavy atom. The summed E-state index contributed by atoms with van der Waals surface area (Å²) in [5.74, 6) is 0. The van der Waals surface area contributed by atoms with Crippen LogP contribution >= 0.6 is 22.7 Å². The maximum absolute atomic E-state index is 5.39. The molecule has 4 aromatic heterocycles. The van der Waals surface area contributed by atoms with Crippen molar-refractivity contribution in [2.24, 2.45) is 0 Å². The van der Waals surface area contributed by atoms with Crippen LogP contribution in [0.5, 0.6) is 0 Å². The number of imidazole rings is 1. The van der Waals surface area contributed by atoms with E-state index in [2.05, 4.69) is 211 Å². The summed E-state index contributed by atoms with van der Waals surface area (Å²) < 4.78 is 7.56. The van der Waals surface area contributed by atoms with Gasteiger partial charge in [-0.1, -0.05) is 164 Å². The molecule has 0 aliphatic carbocycles. The summed E-state index contributed by atoms with van der Waals surface area (Å²) in [7, 11) is 0. The first-order valence-corrected chi connectivity index (χ1v) is 23.1. The minimum Gasteiger partial charge on any atom is -0.291 e. The average molecular weight is 835 g/mol. The quantitative estimate of drug-likeness (QED) is 0.173. The molecule has 0 aliphatic rings. The van der Waals surface area contributed by atoms with Crippen molar-refractivity contribution >= 4 is 112 Å². The lowest BCUT2D eigenvalue weighted by atomic mass is 9.91. The van der Waals surface area contributed by atoms with Crippen LogP contribution in [0, 0.1) is 0 Å². The fourth-order valence-corrected chi connectivity index (χ4v) is 12.4. The van der Waals surface area contributed by atoms with E-state index in [-0.39, 0.29) is 0 Å². The summed E-state index contributed by atoms with van der Waals surface area (Å²) in [6, 6.07) is 76.2. The highest BCUT2D eigenvalue weighted by Crippen LogP contribution is 2.44. The van der Waals surface area contributed by atoms with Crippen LogP contribution in [0.15, 0.2) is 206 Å². The zero-order chi connectivity index (χ0) is 41.2. The Morgan fingerprint density at radius 2 is 0.873 bits per heavy atom. The minimum atomic E-state index is 1.01. The van der Waals surface area contributed by atoms with Gasteiger partial charge in [-0.25, -0.2) is 4.98 Å². The molecule has 0 saturated heterocycles. The standard InChI is InChI=1S/C59H34N2S2/c1-4-12-42-32-57-50(29-39(42)9-1)51-34-53(61-54-31-41-11-3-2-10-40(41)30-52(54)60-59(61)58(51)63-57)38-23-21-37(22-24-38)45-28-27-44(46-13-5-6-14-47(45)46)36-19-17-35(18-20-36)43-25-26-49-48-15-7-8-16-55(48)62-56(49)33-43/h1-34H. The zero-order valence-corrected chi connectivity index (χ0v) is 35.5. The van der Waals surface area contributed by atoms with E-state index in [1.807, 2.05) is 22.7 Å². The van der Waals surface area contributed by atoms with Crippen LogP contribution in [0.25, 0.3) is 134 Å². The van der Waals surface area contributed by atoms with Gasteiger partial charge in [-0.05, 0) is 114 Å². The number of nitrogens with zero attached hydrogens (tertiary/aromatic N) is 2. The van der Waals surface area contributed by atoms with Crippen molar-refractivity contribution in [3.8, 4) is 44.6 Å². The first-order valence-electron chi connectivity index (χ1n) is 21.4. The van der Waals surface area contributed by atoms with Crippen LogP contribution in [0.4, 0.5) is 0 Å². The molecule has 14 rings (SSSR count). The third-order valence-electron chi connectivity index (χ3n) is 13.2. The molecule has 0 bridgehead atoms. The predicted molar refractivity (Wildman–Crippen MR) is 273 cm³/mol. The SMILES string of the molecule is c1ccc2cc3c(cc2c1)nc1c2sc4cc5ccccc5cc4c2cc(-c2ccc(-c4ccc(-c5ccc(-c6ccc7c(c6)sc6ccccc67)cc5)c5ccccc45)cc2)n31. The lowest BCUT2D eigenvalue weighted by molar-refractivity contribution is 1.25. The van der Waals surface area contributed by atoms with Crippen molar-refractivity contribution in [1.29, 1.82) is 0 Å². The predicted octanol–water partition coefficient (Wildman–Crippen LogP) is 17.4. The Bertz CT molecular complexity index is 4190. The molecule has 0 aliphatic heterocycles. The van der Waals surface area contributed by atoms with E-state index >= 15 is 0 Å². The van der Waals surface area contributed by atoms with Crippen molar-refractivity contribution in [2.45, 2.75) is 0 Å². The molecule has 4 heteroatoms. The second-order valence-corrected chi connectivity index (χ2v) is 18.8. The maximum atomic E-state index is 5.39. The molecule has 0 saturated carbocycles. The number of pyridine rings is 1. The molecule has 0 fully saturated rings. The molecular weight excluding hydrogens is 801 g/mol. The number of hydrogen-bond acceptors (Lipinski definition) is 3. The summed E-state index contributed by atoms with van der Waals surface area (Å²) >= 11 is 3.72. The van der Waals surface area contributed by atoms with E-state index in [1.54, 1.807) is 0 Å². The van der Waals surface area contributed by atoms with E-state index < -0.39 is 0 Å². The summed E-state index contributed by atoms with van der Waals surface area (Å²) in [6.07, 6.45) is 0. The Morgan fingerprint density at radius 1 is 0.333 bits per heavy atom. The van der Waals surface area contributed by atoms with Crippen LogP contribution in [-0.2, 0) is 0 Å². The third kappa shape index (κ3) is 5.39. The molecule has 292 valence electrons. The van der Waals surface area contributed by atoms with Gasteiger partial charge in [-0.3, -0.25) is 4.40 Å². The molecule has 0 unspecified atom stereocenters. The van der Waals surface area contributed by atoms with Gasteiger partial charge in [-0.15, -0.1) is 22.7 Å². The minimum absolute atomic E-state index is 1.01. The van der Waals surface area contributed by atoms with Crippen molar-refractivity contribution < 1.29 is 0 Å². The van der Waals surface area contributed by atoms with Gasteiger partial charge in [0.1, 0.15) is 0 Å². The number of hydrogen-bond donors (Lipinski definition) is 0. The van der Waals surface area contributed by atoms with Crippen molar-refractivity contribution in [1.82, 2.24) is 9.38 Å². The Labute approximate surface area is 370 Å². The van der Waals surface area contributed by atoms with Gasteiger partial charge in [0, 0.05) is 35.6 Å². The van der Waals surface area contributed by atoms with Crippen LogP contribution in [0.2, 0.25) is 0 Å².